The van der Waals surface area contributed by atoms with Gasteiger partial charge in [-0.25, -0.2) is 0 Å². The van der Waals surface area contributed by atoms with Crippen molar-refractivity contribution in [2.24, 2.45) is 0 Å². The van der Waals surface area contributed by atoms with Crippen molar-refractivity contribution in [2.75, 3.05) is 0 Å². The molecule has 0 bridgehead atoms. The van der Waals surface area contributed by atoms with Crippen molar-refractivity contribution in [3.63, 3.8) is 0 Å². The summed E-state index contributed by atoms with van der Waals surface area (Å²) in [5.41, 5.74) is 0. The molecule has 0 aromatic carbocycles. The predicted molar refractivity (Wildman–Crippen MR) is 44.8 cm³/mol. The van der Waals surface area contributed by atoms with Crippen LogP contribution in [-0.2, 0) is 9.59 Å². The molecule has 0 radical (unpaired) electrons. The summed E-state index contributed by atoms with van der Waals surface area (Å²) in [5, 5.41) is 15.4. The molecule has 0 amide bonds. The third-order valence-corrected chi connectivity index (χ3v) is 0.880. The van der Waals surface area contributed by atoms with E-state index in [0.29, 0.717) is 0 Å². The summed E-state index contributed by atoms with van der Waals surface area (Å²) in [4.78, 5) is 18.9. The molecule has 5 heteroatoms. The second-order valence-electron chi connectivity index (χ2n) is 2.16. The van der Waals surface area contributed by atoms with Crippen molar-refractivity contribution < 1.29 is 38.7 Å². The monoisotopic (exact) mass is 182 g/mol. The van der Waals surface area contributed by atoms with E-state index in [1.807, 2.05) is 0 Å². The van der Waals surface area contributed by atoms with Crippen LogP contribution in [0.2, 0.25) is 0 Å². The smallest absolute Gasteiger partial charge is 0.481 e. The molecule has 0 atom stereocenters. The van der Waals surface area contributed by atoms with E-state index >= 15 is 0 Å². The Bertz CT molecular complexity index is 122. The molecule has 0 aromatic heterocycles. The molecule has 0 saturated heterocycles. The molecule has 0 saturated carbocycles. The Labute approximate surface area is 90.5 Å². The molecule has 13 heavy (non-hydrogen) atoms. The molecule has 0 aliphatic heterocycles. The maximum absolute atomic E-state index is 9.43. The summed E-state index contributed by atoms with van der Waals surface area (Å²) in [7, 11) is 0. The number of carbonyl (C=O) groups is 2. The van der Waals surface area contributed by atoms with E-state index < -0.39 is 18.4 Å². The molecule has 0 aliphatic carbocycles. The van der Waals surface area contributed by atoms with E-state index in [1.54, 1.807) is 0 Å². The van der Waals surface area contributed by atoms with Crippen LogP contribution in [0.5, 0.6) is 0 Å². The molecule has 0 fully saturated rings. The van der Waals surface area contributed by atoms with E-state index in [-0.39, 0.29) is 18.9 Å². The number of carboxylic acid groups (broad SMARTS) is 2. The minimum Gasteiger partial charge on any atom is -0.481 e. The average molecular weight is 182 g/mol. The van der Waals surface area contributed by atoms with Gasteiger partial charge >= 0.3 is 30.8 Å². The topological polar surface area (TPSA) is 74.6 Å². The van der Waals surface area contributed by atoms with Gasteiger partial charge in [0.2, 0.25) is 0 Å². The van der Waals surface area contributed by atoms with Gasteiger partial charge in [-0.2, -0.15) is 13.3 Å². The van der Waals surface area contributed by atoms with Gasteiger partial charge in [0.05, 0.1) is 0 Å². The van der Waals surface area contributed by atoms with E-state index in [1.165, 1.54) is 12.8 Å². The van der Waals surface area contributed by atoms with E-state index in [2.05, 4.69) is 20.3 Å². The first kappa shape index (κ1) is 18.3. The van der Waals surface area contributed by atoms with Crippen LogP contribution in [0.15, 0.2) is 0 Å². The second kappa shape index (κ2) is 14.1. The van der Waals surface area contributed by atoms with E-state index in [9.17, 15) is 9.59 Å². The average Bonchev–Trinajstić information content (AvgIpc) is 1.87. The van der Waals surface area contributed by atoms with Crippen LogP contribution in [-0.4, -0.2) is 22.2 Å². The minimum absolute atomic E-state index is 0. The standard InChI is InChI=1S/C5H11.C3H4O4.Li/c1-3-5-4-2;4-2(5)1-3(6)7;/h3H,4-5H2,1-2H3;1H2,(H,4,5)(H,6,7);/q-1;;+1. The van der Waals surface area contributed by atoms with Crippen LogP contribution in [0.25, 0.3) is 0 Å². The largest absolute Gasteiger partial charge is 1.00 e. The van der Waals surface area contributed by atoms with Crippen LogP contribution in [0.4, 0.5) is 0 Å². The first-order valence-corrected chi connectivity index (χ1v) is 3.76. The molecule has 0 rings (SSSR count). The third-order valence-electron chi connectivity index (χ3n) is 0.880. The first-order chi connectivity index (χ1) is 5.54. The van der Waals surface area contributed by atoms with Gasteiger partial charge in [0, 0.05) is 0 Å². The zero-order valence-corrected chi connectivity index (χ0v) is 8.41. The Hall–Kier alpha value is -0.463. The van der Waals surface area contributed by atoms with Crippen LogP contribution in [0.1, 0.15) is 33.1 Å². The molecular weight excluding hydrogens is 167 g/mol. The van der Waals surface area contributed by atoms with Crippen LogP contribution in [0.3, 0.4) is 0 Å². The van der Waals surface area contributed by atoms with Gasteiger partial charge in [-0.05, 0) is 0 Å². The number of rotatable bonds is 4. The fourth-order valence-electron chi connectivity index (χ4n) is 0.418. The summed E-state index contributed by atoms with van der Waals surface area (Å²) in [6.45, 7) is 4.27. The summed E-state index contributed by atoms with van der Waals surface area (Å²) >= 11 is 0. The molecule has 4 nitrogen and oxygen atoms in total. The van der Waals surface area contributed by atoms with Crippen molar-refractivity contribution in [1.29, 1.82) is 0 Å². The van der Waals surface area contributed by atoms with Crippen molar-refractivity contribution in [2.45, 2.75) is 33.1 Å². The Morgan fingerprint density at radius 2 is 1.62 bits per heavy atom. The maximum Gasteiger partial charge on any atom is 1.00 e. The summed E-state index contributed by atoms with van der Waals surface area (Å²) in [6, 6.07) is 0. The van der Waals surface area contributed by atoms with Crippen molar-refractivity contribution >= 4 is 11.9 Å². The summed E-state index contributed by atoms with van der Waals surface area (Å²) in [5.74, 6) is -2.62. The Morgan fingerprint density at radius 1 is 1.23 bits per heavy atom. The number of hydrogen-bond acceptors (Lipinski definition) is 2. The van der Waals surface area contributed by atoms with Crippen LogP contribution >= 0.6 is 0 Å². The van der Waals surface area contributed by atoms with E-state index in [4.69, 9.17) is 10.2 Å². The van der Waals surface area contributed by atoms with Gasteiger partial charge in [0.15, 0.2) is 0 Å². The van der Waals surface area contributed by atoms with Crippen molar-refractivity contribution in [3.05, 3.63) is 6.42 Å². The van der Waals surface area contributed by atoms with Crippen molar-refractivity contribution in [3.8, 4) is 0 Å². The molecule has 72 valence electrons. The molecule has 0 unspecified atom stereocenters. The Morgan fingerprint density at radius 3 is 1.62 bits per heavy atom. The predicted octanol–water partition coefficient (Wildman–Crippen LogP) is -1.44. The molecule has 0 aliphatic rings. The number of carboxylic acids is 2. The van der Waals surface area contributed by atoms with Gasteiger partial charge in [0.25, 0.3) is 0 Å². The van der Waals surface area contributed by atoms with E-state index in [0.717, 1.165) is 0 Å². The summed E-state index contributed by atoms with van der Waals surface area (Å²) < 4.78 is 0. The molecule has 2 N–H and O–H groups in total. The fourth-order valence-corrected chi connectivity index (χ4v) is 0.418. The molecule has 0 heterocycles. The Kier molecular flexibility index (Phi) is 19.9. The molecule has 0 aromatic rings. The van der Waals surface area contributed by atoms with Gasteiger partial charge in [-0.1, -0.05) is 13.3 Å². The molecular formula is C8H15LiO4. The summed E-state index contributed by atoms with van der Waals surface area (Å²) in [6.07, 6.45) is 3.93. The zero-order chi connectivity index (χ0) is 9.98. The van der Waals surface area contributed by atoms with Gasteiger partial charge in [-0.15, -0.1) is 0 Å². The normalized spacial score (nSPS) is 7.54. The van der Waals surface area contributed by atoms with Gasteiger partial charge in [-0.3, -0.25) is 9.59 Å². The number of aliphatic carboxylic acids is 2. The SMILES string of the molecule is C[CH-]CCC.O=C(O)CC(=O)O.[Li+]. The third kappa shape index (κ3) is 34.2. The van der Waals surface area contributed by atoms with Crippen LogP contribution in [0, 0.1) is 6.42 Å². The first-order valence-electron chi connectivity index (χ1n) is 3.76. The number of unbranched alkanes of at least 4 members (excludes halogenated alkanes) is 2. The quantitative estimate of drug-likeness (QED) is 0.317. The van der Waals surface area contributed by atoms with Gasteiger partial charge in [0.1, 0.15) is 6.42 Å². The fraction of sp³-hybridized carbons (Fsp3) is 0.625. The Balaban J connectivity index is -0.000000150. The number of hydrogen-bond donors (Lipinski definition) is 2. The molecule has 0 spiro atoms. The minimum atomic E-state index is -1.31. The van der Waals surface area contributed by atoms with Crippen LogP contribution < -0.4 is 18.9 Å². The zero-order valence-electron chi connectivity index (χ0n) is 8.41. The van der Waals surface area contributed by atoms with Crippen molar-refractivity contribution in [1.82, 2.24) is 0 Å². The maximum atomic E-state index is 9.43. The second-order valence-corrected chi connectivity index (χ2v) is 2.16. The van der Waals surface area contributed by atoms with Gasteiger partial charge < -0.3 is 16.6 Å².